The molecule has 0 saturated heterocycles. The standard InChI is InChI=1S/C14H18N4O2S3/c1-4-15-13-17-18-14(23-13)21-8(2)12(20)11-6-5-10(22-11)7-16-9(3)19/h5-6,8H,4,7H2,1-3H3,(H,15,17)(H,16,19)/t8-/m1/s1. The van der Waals surface area contributed by atoms with Crippen LogP contribution in [-0.2, 0) is 11.3 Å². The van der Waals surface area contributed by atoms with Gasteiger partial charge in [-0.2, -0.15) is 0 Å². The number of carbonyl (C=O) groups is 2. The van der Waals surface area contributed by atoms with Crippen molar-refractivity contribution < 1.29 is 9.59 Å². The molecule has 1 amide bonds. The lowest BCUT2D eigenvalue weighted by molar-refractivity contribution is -0.119. The lowest BCUT2D eigenvalue weighted by Gasteiger charge is -2.05. The molecule has 0 aromatic carbocycles. The summed E-state index contributed by atoms with van der Waals surface area (Å²) < 4.78 is 0.775. The highest BCUT2D eigenvalue weighted by Gasteiger charge is 2.20. The van der Waals surface area contributed by atoms with E-state index in [0.29, 0.717) is 11.4 Å². The van der Waals surface area contributed by atoms with E-state index in [1.54, 1.807) is 0 Å². The summed E-state index contributed by atoms with van der Waals surface area (Å²) in [5.41, 5.74) is 0. The molecule has 0 bridgehead atoms. The van der Waals surface area contributed by atoms with E-state index in [1.165, 1.54) is 41.4 Å². The number of aromatic nitrogens is 2. The number of hydrogen-bond donors (Lipinski definition) is 2. The number of thiophene rings is 1. The summed E-state index contributed by atoms with van der Waals surface area (Å²) in [6.07, 6.45) is 0. The zero-order chi connectivity index (χ0) is 16.8. The number of hydrogen-bond acceptors (Lipinski definition) is 8. The zero-order valence-corrected chi connectivity index (χ0v) is 15.5. The Bertz CT molecular complexity index is 683. The Labute approximate surface area is 147 Å². The van der Waals surface area contributed by atoms with Crippen LogP contribution in [0.4, 0.5) is 5.13 Å². The van der Waals surface area contributed by atoms with Crippen LogP contribution in [0.15, 0.2) is 16.5 Å². The molecule has 9 heteroatoms. The van der Waals surface area contributed by atoms with Crippen molar-refractivity contribution in [2.75, 3.05) is 11.9 Å². The van der Waals surface area contributed by atoms with Crippen molar-refractivity contribution in [2.24, 2.45) is 0 Å². The highest BCUT2D eigenvalue weighted by molar-refractivity contribution is 8.02. The maximum Gasteiger partial charge on any atom is 0.217 e. The molecular weight excluding hydrogens is 352 g/mol. The summed E-state index contributed by atoms with van der Waals surface area (Å²) in [6, 6.07) is 3.69. The Kier molecular flexibility index (Phi) is 6.55. The maximum absolute atomic E-state index is 12.5. The van der Waals surface area contributed by atoms with Crippen LogP contribution < -0.4 is 10.6 Å². The van der Waals surface area contributed by atoms with E-state index in [2.05, 4.69) is 20.8 Å². The third-order valence-electron chi connectivity index (χ3n) is 2.80. The van der Waals surface area contributed by atoms with Gasteiger partial charge in [-0.1, -0.05) is 23.1 Å². The lowest BCUT2D eigenvalue weighted by atomic mass is 10.2. The molecular formula is C14H18N4O2S3. The van der Waals surface area contributed by atoms with Gasteiger partial charge in [0.2, 0.25) is 11.0 Å². The van der Waals surface area contributed by atoms with E-state index in [1.807, 2.05) is 26.0 Å². The Morgan fingerprint density at radius 3 is 2.78 bits per heavy atom. The smallest absolute Gasteiger partial charge is 0.217 e. The Morgan fingerprint density at radius 2 is 2.09 bits per heavy atom. The molecule has 23 heavy (non-hydrogen) atoms. The van der Waals surface area contributed by atoms with Crippen molar-refractivity contribution in [1.82, 2.24) is 15.5 Å². The van der Waals surface area contributed by atoms with Gasteiger partial charge in [0, 0.05) is 18.3 Å². The highest BCUT2D eigenvalue weighted by Crippen LogP contribution is 2.31. The first-order valence-corrected chi connectivity index (χ1v) is 9.62. The molecule has 2 N–H and O–H groups in total. The van der Waals surface area contributed by atoms with Gasteiger partial charge in [0.15, 0.2) is 10.1 Å². The zero-order valence-electron chi connectivity index (χ0n) is 13.1. The number of ketones is 1. The molecule has 0 radical (unpaired) electrons. The van der Waals surface area contributed by atoms with Gasteiger partial charge in [-0.25, -0.2) is 0 Å². The number of nitrogens with zero attached hydrogens (tertiary/aromatic N) is 2. The van der Waals surface area contributed by atoms with Crippen LogP contribution in [0.25, 0.3) is 0 Å². The van der Waals surface area contributed by atoms with Gasteiger partial charge < -0.3 is 10.6 Å². The van der Waals surface area contributed by atoms with Crippen molar-refractivity contribution in [1.29, 1.82) is 0 Å². The summed E-state index contributed by atoms with van der Waals surface area (Å²) in [5.74, 6) is -0.0164. The van der Waals surface area contributed by atoms with Gasteiger partial charge in [-0.3, -0.25) is 9.59 Å². The van der Waals surface area contributed by atoms with Gasteiger partial charge in [-0.15, -0.1) is 21.5 Å². The van der Waals surface area contributed by atoms with Gasteiger partial charge in [0.25, 0.3) is 0 Å². The Hall–Kier alpha value is -1.45. The van der Waals surface area contributed by atoms with Crippen LogP contribution in [0.1, 0.15) is 35.3 Å². The van der Waals surface area contributed by atoms with E-state index in [4.69, 9.17) is 0 Å². The number of nitrogens with one attached hydrogen (secondary N) is 2. The van der Waals surface area contributed by atoms with Crippen LogP contribution in [0.5, 0.6) is 0 Å². The molecule has 1 atom stereocenters. The van der Waals surface area contributed by atoms with E-state index < -0.39 is 0 Å². The quantitative estimate of drug-likeness (QED) is 0.549. The summed E-state index contributed by atoms with van der Waals surface area (Å²) in [7, 11) is 0. The monoisotopic (exact) mass is 370 g/mol. The fraction of sp³-hybridized carbons (Fsp3) is 0.429. The first kappa shape index (κ1) is 17.9. The van der Waals surface area contributed by atoms with Crippen LogP contribution in [0.2, 0.25) is 0 Å². The fourth-order valence-corrected chi connectivity index (χ4v) is 4.78. The van der Waals surface area contributed by atoms with Crippen molar-refractivity contribution in [2.45, 2.75) is 36.9 Å². The highest BCUT2D eigenvalue weighted by atomic mass is 32.2. The molecule has 0 fully saturated rings. The first-order valence-electron chi connectivity index (χ1n) is 7.11. The van der Waals surface area contributed by atoms with Gasteiger partial charge in [0.05, 0.1) is 16.7 Å². The normalized spacial score (nSPS) is 12.0. The van der Waals surface area contributed by atoms with Gasteiger partial charge in [-0.05, 0) is 26.0 Å². The molecule has 2 aromatic rings. The topological polar surface area (TPSA) is 84.0 Å². The first-order chi connectivity index (χ1) is 11.0. The predicted octanol–water partition coefficient (Wildman–Crippen LogP) is 3.03. The molecule has 0 saturated carbocycles. The molecule has 0 spiro atoms. The van der Waals surface area contributed by atoms with E-state index in [9.17, 15) is 9.59 Å². The van der Waals surface area contributed by atoms with Crippen LogP contribution in [0, 0.1) is 0 Å². The molecule has 2 heterocycles. The molecule has 0 aliphatic heterocycles. The average Bonchev–Trinajstić information content (AvgIpc) is 3.14. The van der Waals surface area contributed by atoms with Gasteiger partial charge in [0.1, 0.15) is 0 Å². The van der Waals surface area contributed by atoms with E-state index in [-0.39, 0.29) is 16.9 Å². The van der Waals surface area contributed by atoms with Crippen molar-refractivity contribution in [3.8, 4) is 0 Å². The molecule has 0 unspecified atom stereocenters. The summed E-state index contributed by atoms with van der Waals surface area (Å²) in [6.45, 7) is 6.59. The van der Waals surface area contributed by atoms with E-state index >= 15 is 0 Å². The lowest BCUT2D eigenvalue weighted by Crippen LogP contribution is -2.18. The van der Waals surface area contributed by atoms with Crippen molar-refractivity contribution in [3.63, 3.8) is 0 Å². The van der Waals surface area contributed by atoms with Crippen LogP contribution in [-0.4, -0.2) is 33.7 Å². The number of thioether (sulfide) groups is 1. The molecule has 2 aromatic heterocycles. The second-order valence-electron chi connectivity index (χ2n) is 4.70. The second kappa shape index (κ2) is 8.42. The second-order valence-corrected chi connectivity index (χ2v) is 8.44. The SMILES string of the molecule is CCNc1nnc(S[C@H](C)C(=O)c2ccc(CNC(C)=O)s2)s1. The summed E-state index contributed by atoms with van der Waals surface area (Å²) in [5, 5.41) is 14.5. The fourth-order valence-electron chi connectivity index (χ4n) is 1.70. The molecule has 124 valence electrons. The number of carbonyl (C=O) groups excluding carboxylic acids is 2. The number of rotatable bonds is 8. The largest absolute Gasteiger partial charge is 0.360 e. The van der Waals surface area contributed by atoms with Crippen LogP contribution in [0.3, 0.4) is 0 Å². The average molecular weight is 371 g/mol. The Morgan fingerprint density at radius 1 is 1.30 bits per heavy atom. The minimum atomic E-state index is -0.232. The molecule has 6 nitrogen and oxygen atoms in total. The molecule has 0 aliphatic rings. The summed E-state index contributed by atoms with van der Waals surface area (Å²) >= 11 is 4.27. The predicted molar refractivity (Wildman–Crippen MR) is 95.6 cm³/mol. The van der Waals surface area contributed by atoms with Crippen molar-refractivity contribution >= 4 is 51.3 Å². The number of amides is 1. The maximum atomic E-state index is 12.5. The number of Topliss-reactive ketones (excluding diaryl/α,β-unsaturated/α-hetero) is 1. The van der Waals surface area contributed by atoms with Crippen LogP contribution >= 0.6 is 34.4 Å². The molecule has 0 aliphatic carbocycles. The van der Waals surface area contributed by atoms with E-state index in [0.717, 1.165) is 20.9 Å². The molecule has 2 rings (SSSR count). The van der Waals surface area contributed by atoms with Crippen molar-refractivity contribution in [3.05, 3.63) is 21.9 Å². The van der Waals surface area contributed by atoms with Gasteiger partial charge >= 0.3 is 0 Å². The summed E-state index contributed by atoms with van der Waals surface area (Å²) in [4.78, 5) is 25.1. The minimum absolute atomic E-state index is 0.0641. The minimum Gasteiger partial charge on any atom is -0.360 e. The third kappa shape index (κ3) is 5.29. The number of anilines is 1. The Balaban J connectivity index is 1.94. The third-order valence-corrected chi connectivity index (χ3v) is 5.96.